The van der Waals surface area contributed by atoms with E-state index >= 15 is 0 Å². The van der Waals surface area contributed by atoms with Gasteiger partial charge in [-0.3, -0.25) is 14.4 Å². The molecule has 1 aromatic carbocycles. The number of ketones is 1. The molecule has 5 N–H and O–H groups in total. The highest BCUT2D eigenvalue weighted by Crippen LogP contribution is 2.63. The number of carbonyl (C=O) groups is 3. The molecule has 0 aliphatic heterocycles. The summed E-state index contributed by atoms with van der Waals surface area (Å²) in [5.74, 6) is -3.65. The monoisotopic (exact) mass is 599 g/mol. The lowest BCUT2D eigenvalue weighted by atomic mass is 9.45. The van der Waals surface area contributed by atoms with Crippen molar-refractivity contribution in [3.63, 3.8) is 0 Å². The molecule has 2 saturated carbocycles. The van der Waals surface area contributed by atoms with Crippen molar-refractivity contribution in [2.45, 2.75) is 95.4 Å². The summed E-state index contributed by atoms with van der Waals surface area (Å²) in [5.41, 5.74) is -6.43. The van der Waals surface area contributed by atoms with E-state index in [9.17, 15) is 39.9 Å². The fourth-order valence-electron chi connectivity index (χ4n) is 8.19. The maximum atomic E-state index is 13.3. The van der Waals surface area contributed by atoms with Gasteiger partial charge in [0.05, 0.1) is 25.0 Å². The van der Waals surface area contributed by atoms with Crippen LogP contribution in [0.4, 0.5) is 0 Å². The number of carboxylic acids is 1. The average Bonchev–Trinajstić information content (AvgIpc) is 2.91. The molecular formula is C33H45NO9. The number of allylic oxidation sites excluding steroid dienone is 1. The number of carboxylic acid groups (broad SMARTS) is 1. The Hall–Kier alpha value is -2.89. The van der Waals surface area contributed by atoms with E-state index in [1.54, 1.807) is 6.92 Å². The smallest absolute Gasteiger partial charge is 0.308 e. The Morgan fingerprint density at radius 1 is 1.12 bits per heavy atom. The molecule has 3 aliphatic carbocycles. The van der Waals surface area contributed by atoms with E-state index in [-0.39, 0.29) is 42.0 Å². The van der Waals surface area contributed by atoms with Gasteiger partial charge in [0.2, 0.25) is 0 Å². The van der Waals surface area contributed by atoms with Crippen molar-refractivity contribution in [2.24, 2.45) is 16.7 Å². The van der Waals surface area contributed by atoms with Gasteiger partial charge in [-0.15, -0.1) is 0 Å². The van der Waals surface area contributed by atoms with Gasteiger partial charge in [0.1, 0.15) is 17.3 Å². The van der Waals surface area contributed by atoms with Gasteiger partial charge in [0.15, 0.2) is 5.78 Å². The normalized spacial score (nSPS) is 36.4. The second-order valence-electron chi connectivity index (χ2n) is 13.7. The predicted molar refractivity (Wildman–Crippen MR) is 158 cm³/mol. The largest absolute Gasteiger partial charge is 0.481 e. The molecule has 2 bridgehead atoms. The van der Waals surface area contributed by atoms with Crippen LogP contribution < -0.4 is 0 Å². The van der Waals surface area contributed by atoms with Gasteiger partial charge in [-0.2, -0.15) is 0 Å². The molecule has 0 aromatic heterocycles. The second kappa shape index (κ2) is 11.2. The number of carbonyl (C=O) groups excluding carboxylic acids is 2. The highest BCUT2D eigenvalue weighted by atomic mass is 16.5. The van der Waals surface area contributed by atoms with Crippen LogP contribution >= 0.6 is 0 Å². The second-order valence-corrected chi connectivity index (χ2v) is 13.7. The minimum absolute atomic E-state index is 0.0329. The Labute approximate surface area is 252 Å². The number of nitrogens with zero attached hydrogens (tertiary/aromatic N) is 1. The van der Waals surface area contributed by atoms with Crippen molar-refractivity contribution in [1.82, 2.24) is 4.90 Å². The molecule has 1 aromatic rings. The van der Waals surface area contributed by atoms with Gasteiger partial charge in [-0.25, -0.2) is 0 Å². The molecule has 2 fully saturated rings. The fourth-order valence-corrected chi connectivity index (χ4v) is 8.19. The average molecular weight is 600 g/mol. The number of fused-ring (bicyclic) bond motifs is 3. The lowest BCUT2D eigenvalue weighted by molar-refractivity contribution is -0.236. The van der Waals surface area contributed by atoms with Crippen molar-refractivity contribution < 1.29 is 44.7 Å². The Balaban J connectivity index is 1.75. The summed E-state index contributed by atoms with van der Waals surface area (Å²) < 4.78 is 5.93. The third-order valence-corrected chi connectivity index (χ3v) is 10.6. The number of benzene rings is 1. The molecule has 10 heteroatoms. The predicted octanol–water partition coefficient (Wildman–Crippen LogP) is 2.55. The lowest BCUT2D eigenvalue weighted by Gasteiger charge is -2.63. The molecule has 43 heavy (non-hydrogen) atoms. The van der Waals surface area contributed by atoms with E-state index in [2.05, 4.69) is 6.58 Å². The molecule has 0 saturated heterocycles. The van der Waals surface area contributed by atoms with Crippen molar-refractivity contribution in [3.05, 3.63) is 59.2 Å². The number of aliphatic hydroxyl groups is 4. The Morgan fingerprint density at radius 3 is 2.28 bits per heavy atom. The standard InChI is InChI=1S/C33H45NO9/c1-18-22(35)16-33(42)28(39)26-19(2)23(43-25(38)15-21(34(6)7)20-11-9-8-10-12-20)13-14-31(26,5)29(40)32(41,17-24(36)37)27(18)30(33,3)4/h8-12,21,23,26,28-29,39-42H,2,13-17H2,1,3-7H3,(H,36,37)/t21?,23-,26-,28-,29+,31+,32+,33+/m0/s1. The van der Waals surface area contributed by atoms with Crippen molar-refractivity contribution in [3.8, 4) is 0 Å². The summed E-state index contributed by atoms with van der Waals surface area (Å²) in [6.45, 7) is 10.3. The number of Topliss-reactive ketones (excluding diaryl/α,β-unsaturated/α-hetero) is 1. The van der Waals surface area contributed by atoms with Gasteiger partial charge in [0, 0.05) is 29.2 Å². The van der Waals surface area contributed by atoms with Gasteiger partial charge in [-0.05, 0) is 56.1 Å². The molecule has 0 heterocycles. The number of hydrogen-bond acceptors (Lipinski definition) is 9. The first-order valence-electron chi connectivity index (χ1n) is 14.7. The highest BCUT2D eigenvalue weighted by molar-refractivity contribution is 5.98. The van der Waals surface area contributed by atoms with Crippen LogP contribution in [0.2, 0.25) is 0 Å². The molecule has 1 unspecified atom stereocenters. The zero-order valence-corrected chi connectivity index (χ0v) is 25.8. The molecular weight excluding hydrogens is 554 g/mol. The maximum Gasteiger partial charge on any atom is 0.308 e. The molecule has 0 radical (unpaired) electrons. The van der Waals surface area contributed by atoms with E-state index in [0.717, 1.165) is 5.56 Å². The van der Waals surface area contributed by atoms with E-state index in [1.165, 1.54) is 20.8 Å². The number of hydrogen-bond donors (Lipinski definition) is 5. The highest BCUT2D eigenvalue weighted by Gasteiger charge is 2.70. The Bertz CT molecular complexity index is 1340. The number of aliphatic carboxylic acids is 1. The molecule has 10 nitrogen and oxygen atoms in total. The van der Waals surface area contributed by atoms with Crippen molar-refractivity contribution >= 4 is 17.7 Å². The van der Waals surface area contributed by atoms with Gasteiger partial charge in [0.25, 0.3) is 0 Å². The van der Waals surface area contributed by atoms with Crippen LogP contribution in [-0.2, 0) is 19.1 Å². The molecule has 236 valence electrons. The quantitative estimate of drug-likeness (QED) is 0.232. The Morgan fingerprint density at radius 2 is 1.72 bits per heavy atom. The first-order chi connectivity index (χ1) is 19.8. The van der Waals surface area contributed by atoms with E-state index in [4.69, 9.17) is 4.74 Å². The molecule has 8 atom stereocenters. The van der Waals surface area contributed by atoms with Crippen LogP contribution in [0, 0.1) is 16.7 Å². The summed E-state index contributed by atoms with van der Waals surface area (Å²) in [6, 6.07) is 9.24. The summed E-state index contributed by atoms with van der Waals surface area (Å²) >= 11 is 0. The zero-order valence-electron chi connectivity index (χ0n) is 25.8. The van der Waals surface area contributed by atoms with Gasteiger partial charge < -0.3 is 35.2 Å². The molecule has 0 spiro atoms. The topological polar surface area (TPSA) is 165 Å². The van der Waals surface area contributed by atoms with Crippen molar-refractivity contribution in [1.29, 1.82) is 0 Å². The fraction of sp³-hybridized carbons (Fsp3) is 0.606. The molecule has 0 amide bonds. The summed E-state index contributed by atoms with van der Waals surface area (Å²) in [7, 11) is 3.72. The van der Waals surface area contributed by atoms with Crippen LogP contribution in [0.15, 0.2) is 53.6 Å². The van der Waals surface area contributed by atoms with Crippen LogP contribution in [0.1, 0.15) is 71.4 Å². The summed E-state index contributed by atoms with van der Waals surface area (Å²) in [4.78, 5) is 40.5. The third kappa shape index (κ3) is 5.17. The first-order valence-corrected chi connectivity index (χ1v) is 14.7. The number of ether oxygens (including phenoxy) is 1. The van der Waals surface area contributed by atoms with E-state index in [0.29, 0.717) is 0 Å². The summed E-state index contributed by atoms with van der Waals surface area (Å²) in [6.07, 6.45) is -5.44. The number of aliphatic hydroxyl groups excluding tert-OH is 2. The van der Waals surface area contributed by atoms with Crippen LogP contribution in [0.5, 0.6) is 0 Å². The van der Waals surface area contributed by atoms with Crippen LogP contribution in [0.25, 0.3) is 0 Å². The summed E-state index contributed by atoms with van der Waals surface area (Å²) in [5, 5.41) is 58.2. The third-order valence-electron chi connectivity index (χ3n) is 10.6. The van der Waals surface area contributed by atoms with Gasteiger partial charge >= 0.3 is 11.9 Å². The minimum Gasteiger partial charge on any atom is -0.481 e. The minimum atomic E-state index is -2.45. The first kappa shape index (κ1) is 33.0. The number of rotatable bonds is 7. The Kier molecular flexibility index (Phi) is 8.62. The van der Waals surface area contributed by atoms with E-state index < -0.39 is 76.8 Å². The van der Waals surface area contributed by atoms with Crippen LogP contribution in [-0.4, -0.2) is 91.8 Å². The lowest BCUT2D eigenvalue weighted by Crippen LogP contribution is -2.72. The zero-order chi connectivity index (χ0) is 32.3. The molecule has 3 aliphatic rings. The number of esters is 1. The van der Waals surface area contributed by atoms with Gasteiger partial charge in [-0.1, -0.05) is 57.7 Å². The van der Waals surface area contributed by atoms with E-state index in [1.807, 2.05) is 49.3 Å². The SMILES string of the molecule is C=C1[C@@H](OC(=O)CC(c2ccccc2)N(C)C)CC[C@@]2(C)[C@@H](O)[C@@](O)(CC(=O)O)C3=C(C)C(=O)C[C@@](O)([C@@H](O)[C@H]12)C3(C)C. The molecule has 4 rings (SSSR count). The van der Waals surface area contributed by atoms with Crippen molar-refractivity contribution in [2.75, 3.05) is 14.1 Å². The van der Waals surface area contributed by atoms with Crippen LogP contribution in [0.3, 0.4) is 0 Å². The maximum absolute atomic E-state index is 13.3.